The number of carbonyl (C=O) groups excluding carboxylic acids is 2. The second-order valence-corrected chi connectivity index (χ2v) is 9.40. The minimum atomic E-state index is -0.0589. The number of likely N-dealkylation sites (N-methyl/N-ethyl adjacent to an activating group) is 1. The monoisotopic (exact) mass is 472 g/mol. The zero-order valence-corrected chi connectivity index (χ0v) is 20.6. The maximum atomic E-state index is 12.7. The van der Waals surface area contributed by atoms with Crippen molar-refractivity contribution >= 4 is 28.8 Å². The number of hydrogen-bond donors (Lipinski definition) is 2. The number of Topliss-reactive ketones (excluding diaryl/α,β-unsaturated/α-hetero) is 1. The highest BCUT2D eigenvalue weighted by Gasteiger charge is 2.17. The van der Waals surface area contributed by atoms with E-state index < -0.39 is 0 Å². The summed E-state index contributed by atoms with van der Waals surface area (Å²) in [6, 6.07) is 3.58. The summed E-state index contributed by atoms with van der Waals surface area (Å²) < 4.78 is 0. The molecule has 8 nitrogen and oxygen atoms in total. The summed E-state index contributed by atoms with van der Waals surface area (Å²) in [7, 11) is 2.15. The van der Waals surface area contributed by atoms with Gasteiger partial charge >= 0.3 is 6.03 Å². The molecule has 0 saturated carbocycles. The van der Waals surface area contributed by atoms with E-state index in [2.05, 4.69) is 27.1 Å². The van der Waals surface area contributed by atoms with Crippen molar-refractivity contribution in [2.24, 2.45) is 0 Å². The van der Waals surface area contributed by atoms with Crippen molar-refractivity contribution in [3.8, 4) is 0 Å². The predicted molar refractivity (Wildman–Crippen MR) is 134 cm³/mol. The lowest BCUT2D eigenvalue weighted by molar-refractivity contribution is 0.0988. The van der Waals surface area contributed by atoms with Crippen LogP contribution in [0.5, 0.6) is 0 Å². The Balaban J connectivity index is 1.55. The third-order valence-corrected chi connectivity index (χ3v) is 6.73. The van der Waals surface area contributed by atoms with Gasteiger partial charge in [0.2, 0.25) is 0 Å². The molecule has 0 radical (unpaired) electrons. The molecular formula is C24H36N6O2S. The highest BCUT2D eigenvalue weighted by Crippen LogP contribution is 2.19. The van der Waals surface area contributed by atoms with E-state index in [1.807, 2.05) is 28.7 Å². The molecule has 1 saturated heterocycles. The SMILES string of the molecule is CCCNC(=O)N(CCCN1CCN(C)CC1)Cc1ccc(C(=O)Cc2cscc2N)nc1. The maximum absolute atomic E-state index is 12.7. The summed E-state index contributed by atoms with van der Waals surface area (Å²) in [5, 5.41) is 6.72. The molecule has 2 aromatic heterocycles. The van der Waals surface area contributed by atoms with Crippen molar-refractivity contribution in [3.05, 3.63) is 45.9 Å². The molecule has 0 aliphatic carbocycles. The van der Waals surface area contributed by atoms with Gasteiger partial charge in [0.05, 0.1) is 0 Å². The number of piperazine rings is 1. The molecule has 0 aromatic carbocycles. The molecule has 0 bridgehead atoms. The van der Waals surface area contributed by atoms with Crippen LogP contribution in [0, 0.1) is 0 Å². The summed E-state index contributed by atoms with van der Waals surface area (Å²) in [4.78, 5) is 36.3. The van der Waals surface area contributed by atoms with Crippen molar-refractivity contribution in [3.63, 3.8) is 0 Å². The lowest BCUT2D eigenvalue weighted by Crippen LogP contribution is -2.46. The van der Waals surface area contributed by atoms with Gasteiger partial charge < -0.3 is 25.8 Å². The number of rotatable bonds is 11. The van der Waals surface area contributed by atoms with Crippen molar-refractivity contribution in [2.75, 3.05) is 58.6 Å². The third kappa shape index (κ3) is 7.80. The largest absolute Gasteiger partial charge is 0.398 e. The van der Waals surface area contributed by atoms with Crippen molar-refractivity contribution in [1.82, 2.24) is 25.0 Å². The first-order valence-electron chi connectivity index (χ1n) is 11.7. The number of carbonyl (C=O) groups is 2. The lowest BCUT2D eigenvalue weighted by atomic mass is 10.1. The number of ketones is 1. The Morgan fingerprint density at radius 3 is 2.64 bits per heavy atom. The van der Waals surface area contributed by atoms with E-state index in [-0.39, 0.29) is 18.2 Å². The van der Waals surface area contributed by atoms with Gasteiger partial charge in [-0.25, -0.2) is 4.79 Å². The molecule has 3 heterocycles. The first kappa shape index (κ1) is 25.1. The fourth-order valence-electron chi connectivity index (χ4n) is 3.80. The number of nitrogens with zero attached hydrogens (tertiary/aromatic N) is 4. The maximum Gasteiger partial charge on any atom is 0.317 e. The second kappa shape index (κ2) is 12.7. The van der Waals surface area contributed by atoms with Crippen molar-refractivity contribution in [2.45, 2.75) is 32.7 Å². The Bertz CT molecular complexity index is 893. The number of nitrogen functional groups attached to an aromatic ring is 1. The molecule has 1 aliphatic rings. The molecule has 180 valence electrons. The molecule has 0 atom stereocenters. The summed E-state index contributed by atoms with van der Waals surface area (Å²) in [5.74, 6) is -0.0589. The van der Waals surface area contributed by atoms with Gasteiger partial charge in [-0.2, -0.15) is 0 Å². The molecular weight excluding hydrogens is 436 g/mol. The van der Waals surface area contributed by atoms with Gasteiger partial charge in [0.15, 0.2) is 5.78 Å². The molecule has 9 heteroatoms. The van der Waals surface area contributed by atoms with Crippen LogP contribution in [-0.2, 0) is 13.0 Å². The van der Waals surface area contributed by atoms with Gasteiger partial charge in [-0.05, 0) is 49.0 Å². The van der Waals surface area contributed by atoms with Crippen LogP contribution in [0.15, 0.2) is 29.1 Å². The summed E-state index contributed by atoms with van der Waals surface area (Å²) in [6.07, 6.45) is 3.77. The number of hydrogen-bond acceptors (Lipinski definition) is 7. The second-order valence-electron chi connectivity index (χ2n) is 8.66. The smallest absolute Gasteiger partial charge is 0.317 e. The molecule has 0 spiro atoms. The zero-order chi connectivity index (χ0) is 23.6. The van der Waals surface area contributed by atoms with Crippen molar-refractivity contribution < 1.29 is 9.59 Å². The summed E-state index contributed by atoms with van der Waals surface area (Å²) >= 11 is 1.49. The van der Waals surface area contributed by atoms with E-state index in [0.717, 1.165) is 56.7 Å². The number of nitrogens with one attached hydrogen (secondary N) is 1. The fourth-order valence-corrected chi connectivity index (χ4v) is 4.55. The lowest BCUT2D eigenvalue weighted by Gasteiger charge is -2.33. The molecule has 1 aliphatic heterocycles. The number of aromatic nitrogens is 1. The number of thiophene rings is 1. The van der Waals surface area contributed by atoms with Crippen LogP contribution >= 0.6 is 11.3 Å². The van der Waals surface area contributed by atoms with Gasteiger partial charge in [-0.15, -0.1) is 11.3 Å². The molecule has 0 unspecified atom stereocenters. The predicted octanol–water partition coefficient (Wildman–Crippen LogP) is 2.71. The summed E-state index contributed by atoms with van der Waals surface area (Å²) in [6.45, 7) is 9.18. The standard InChI is InChI=1S/C24H36N6O2S/c1-3-7-26-24(32)30(9-4-8-29-12-10-28(2)11-13-29)16-19-5-6-22(27-15-19)23(31)14-20-17-33-18-21(20)25/h5-6,15,17-18H,3-4,7-14,16,25H2,1-2H3,(H,26,32). The molecule has 2 amide bonds. The minimum absolute atomic E-state index is 0.0525. The van der Waals surface area contributed by atoms with Crippen molar-refractivity contribution in [1.29, 1.82) is 0 Å². The minimum Gasteiger partial charge on any atom is -0.398 e. The zero-order valence-electron chi connectivity index (χ0n) is 19.8. The third-order valence-electron chi connectivity index (χ3n) is 5.92. The van der Waals surface area contributed by atoms with E-state index in [1.54, 1.807) is 12.3 Å². The van der Waals surface area contributed by atoms with Gasteiger partial charge in [0.25, 0.3) is 0 Å². The van der Waals surface area contributed by atoms with Crippen LogP contribution in [0.4, 0.5) is 10.5 Å². The van der Waals surface area contributed by atoms with Crippen LogP contribution in [0.2, 0.25) is 0 Å². The Hall–Kier alpha value is -2.49. The first-order chi connectivity index (χ1) is 16.0. The molecule has 2 aromatic rings. The number of urea groups is 1. The Labute approximate surface area is 200 Å². The molecule has 33 heavy (non-hydrogen) atoms. The molecule has 3 N–H and O–H groups in total. The quantitative estimate of drug-likeness (QED) is 0.489. The Kier molecular flexibility index (Phi) is 9.65. The van der Waals surface area contributed by atoms with E-state index in [4.69, 9.17) is 5.73 Å². The van der Waals surface area contributed by atoms with Crippen LogP contribution in [0.25, 0.3) is 0 Å². The van der Waals surface area contributed by atoms with E-state index in [1.165, 1.54) is 11.3 Å². The van der Waals surface area contributed by atoms with E-state index >= 15 is 0 Å². The number of pyridine rings is 1. The summed E-state index contributed by atoms with van der Waals surface area (Å²) in [5.41, 5.74) is 8.71. The van der Waals surface area contributed by atoms with Gasteiger partial charge in [0.1, 0.15) is 5.69 Å². The van der Waals surface area contributed by atoms with Crippen LogP contribution in [0.1, 0.15) is 41.4 Å². The number of nitrogens with two attached hydrogens (primary N) is 1. The fraction of sp³-hybridized carbons (Fsp3) is 0.542. The number of anilines is 1. The van der Waals surface area contributed by atoms with Gasteiger partial charge in [-0.1, -0.05) is 13.0 Å². The topological polar surface area (TPSA) is 94.8 Å². The van der Waals surface area contributed by atoms with Crippen LogP contribution < -0.4 is 11.1 Å². The number of amides is 2. The van der Waals surface area contributed by atoms with Crippen LogP contribution in [-0.4, -0.2) is 84.4 Å². The highest BCUT2D eigenvalue weighted by molar-refractivity contribution is 7.08. The average Bonchev–Trinajstić information content (AvgIpc) is 3.22. The van der Waals surface area contributed by atoms with E-state index in [0.29, 0.717) is 31.0 Å². The van der Waals surface area contributed by atoms with Gasteiger partial charge in [0, 0.05) is 69.5 Å². The average molecular weight is 473 g/mol. The Morgan fingerprint density at radius 1 is 1.21 bits per heavy atom. The Morgan fingerprint density at radius 2 is 2.00 bits per heavy atom. The first-order valence-corrected chi connectivity index (χ1v) is 12.6. The molecule has 3 rings (SSSR count). The van der Waals surface area contributed by atoms with Gasteiger partial charge in [-0.3, -0.25) is 9.78 Å². The normalized spacial score (nSPS) is 14.8. The molecule has 1 fully saturated rings. The van der Waals surface area contributed by atoms with E-state index in [9.17, 15) is 9.59 Å². The highest BCUT2D eigenvalue weighted by atomic mass is 32.1. The van der Waals surface area contributed by atoms with Crippen LogP contribution in [0.3, 0.4) is 0 Å².